The predicted molar refractivity (Wildman–Crippen MR) is 69.8 cm³/mol. The van der Waals surface area contributed by atoms with Crippen molar-refractivity contribution in [1.82, 2.24) is 5.32 Å². The number of aliphatic carboxylic acids is 1. The average molecular weight is 289 g/mol. The highest BCUT2D eigenvalue weighted by Crippen LogP contribution is 2.22. The van der Waals surface area contributed by atoms with Gasteiger partial charge < -0.3 is 15.7 Å². The van der Waals surface area contributed by atoms with Gasteiger partial charge in [-0.15, -0.1) is 0 Å². The van der Waals surface area contributed by atoms with Crippen LogP contribution < -0.4 is 10.6 Å². The van der Waals surface area contributed by atoms with Crippen LogP contribution in [0.3, 0.4) is 0 Å². The van der Waals surface area contributed by atoms with Crippen molar-refractivity contribution < 1.29 is 19.1 Å². The number of carboxylic acids is 1. The molecule has 7 heteroatoms. The molecule has 1 rings (SSSR count). The number of carbonyl (C=O) groups is 2. The van der Waals surface area contributed by atoms with Gasteiger partial charge >= 0.3 is 12.0 Å². The maximum absolute atomic E-state index is 13.0. The van der Waals surface area contributed by atoms with Crippen LogP contribution in [-0.4, -0.2) is 23.1 Å². The van der Waals surface area contributed by atoms with Crippen LogP contribution in [0.4, 0.5) is 14.9 Å². The van der Waals surface area contributed by atoms with E-state index in [4.69, 9.17) is 16.7 Å². The maximum atomic E-state index is 13.0. The SMILES string of the molecule is CC(C)[C@H](NC(=O)Nc1cc(F)ccc1Cl)C(=O)O. The van der Waals surface area contributed by atoms with E-state index in [0.29, 0.717) is 0 Å². The maximum Gasteiger partial charge on any atom is 0.326 e. The van der Waals surface area contributed by atoms with Crippen LogP contribution in [0.2, 0.25) is 5.02 Å². The van der Waals surface area contributed by atoms with Gasteiger partial charge in [0.15, 0.2) is 0 Å². The molecule has 0 aliphatic heterocycles. The summed E-state index contributed by atoms with van der Waals surface area (Å²) in [5.41, 5.74) is 0.0760. The monoisotopic (exact) mass is 288 g/mol. The van der Waals surface area contributed by atoms with E-state index < -0.39 is 23.9 Å². The second-order valence-corrected chi connectivity index (χ2v) is 4.69. The summed E-state index contributed by atoms with van der Waals surface area (Å²) in [5.74, 6) is -1.99. The number of rotatable bonds is 4. The standard InChI is InChI=1S/C12H14ClFN2O3/c1-6(2)10(11(17)18)16-12(19)15-9-5-7(14)3-4-8(9)13/h3-6,10H,1-2H3,(H,17,18)(H2,15,16,19)/t10-/m0/s1. The molecule has 0 aliphatic carbocycles. The first kappa shape index (κ1) is 15.2. The van der Waals surface area contributed by atoms with Crippen molar-refractivity contribution in [2.45, 2.75) is 19.9 Å². The Morgan fingerprint density at radius 3 is 2.53 bits per heavy atom. The van der Waals surface area contributed by atoms with Crippen LogP contribution >= 0.6 is 11.6 Å². The highest BCUT2D eigenvalue weighted by molar-refractivity contribution is 6.33. The Morgan fingerprint density at radius 1 is 1.37 bits per heavy atom. The normalized spacial score (nSPS) is 12.1. The zero-order chi connectivity index (χ0) is 14.6. The summed E-state index contributed by atoms with van der Waals surface area (Å²) in [6.07, 6.45) is 0. The second-order valence-electron chi connectivity index (χ2n) is 4.28. The van der Waals surface area contributed by atoms with E-state index in [1.165, 1.54) is 6.07 Å². The predicted octanol–water partition coefficient (Wildman–Crippen LogP) is 2.71. The highest BCUT2D eigenvalue weighted by Gasteiger charge is 2.23. The molecule has 1 aromatic rings. The molecule has 0 radical (unpaired) electrons. The molecular weight excluding hydrogens is 275 g/mol. The van der Waals surface area contributed by atoms with Gasteiger partial charge in [0.05, 0.1) is 10.7 Å². The fourth-order valence-corrected chi connectivity index (χ4v) is 1.57. The van der Waals surface area contributed by atoms with Crippen LogP contribution in [0.5, 0.6) is 0 Å². The molecule has 0 fully saturated rings. The largest absolute Gasteiger partial charge is 0.480 e. The summed E-state index contributed by atoms with van der Waals surface area (Å²) in [4.78, 5) is 22.6. The van der Waals surface area contributed by atoms with E-state index >= 15 is 0 Å². The molecule has 0 saturated heterocycles. The minimum Gasteiger partial charge on any atom is -0.480 e. The zero-order valence-electron chi connectivity index (χ0n) is 10.4. The molecular formula is C12H14ClFN2O3. The molecule has 0 aliphatic rings. The van der Waals surface area contributed by atoms with Crippen LogP contribution in [0, 0.1) is 11.7 Å². The van der Waals surface area contributed by atoms with Crippen LogP contribution in [0.25, 0.3) is 0 Å². The Hall–Kier alpha value is -1.82. The Bertz CT molecular complexity index is 494. The van der Waals surface area contributed by atoms with Gasteiger partial charge in [-0.05, 0) is 24.1 Å². The lowest BCUT2D eigenvalue weighted by Gasteiger charge is -2.18. The lowest BCUT2D eigenvalue weighted by Crippen LogP contribution is -2.46. The van der Waals surface area contributed by atoms with E-state index in [-0.39, 0.29) is 16.6 Å². The van der Waals surface area contributed by atoms with Crippen molar-refractivity contribution in [3.8, 4) is 0 Å². The molecule has 0 spiro atoms. The minimum absolute atomic E-state index is 0.0760. The number of benzene rings is 1. The van der Waals surface area contributed by atoms with Gasteiger partial charge in [-0.2, -0.15) is 0 Å². The number of nitrogens with one attached hydrogen (secondary N) is 2. The summed E-state index contributed by atoms with van der Waals surface area (Å²) < 4.78 is 13.0. The van der Waals surface area contributed by atoms with Crippen LogP contribution in [0.1, 0.15) is 13.8 Å². The van der Waals surface area contributed by atoms with Crippen LogP contribution in [0.15, 0.2) is 18.2 Å². The number of hydrogen-bond acceptors (Lipinski definition) is 2. The molecule has 2 amide bonds. The molecule has 0 aromatic heterocycles. The third kappa shape index (κ3) is 4.40. The van der Waals surface area contributed by atoms with E-state index in [0.717, 1.165) is 12.1 Å². The zero-order valence-corrected chi connectivity index (χ0v) is 11.2. The fraction of sp³-hybridized carbons (Fsp3) is 0.333. The fourth-order valence-electron chi connectivity index (χ4n) is 1.41. The number of anilines is 1. The second kappa shape index (κ2) is 6.38. The molecule has 0 heterocycles. The van der Waals surface area contributed by atoms with Gasteiger partial charge in [0, 0.05) is 0 Å². The molecule has 104 valence electrons. The summed E-state index contributed by atoms with van der Waals surface area (Å²) in [6.45, 7) is 3.32. The summed E-state index contributed by atoms with van der Waals surface area (Å²) in [7, 11) is 0. The number of hydrogen-bond donors (Lipinski definition) is 3. The van der Waals surface area contributed by atoms with Gasteiger partial charge in [-0.3, -0.25) is 0 Å². The third-order valence-corrected chi connectivity index (χ3v) is 2.73. The number of amides is 2. The quantitative estimate of drug-likeness (QED) is 0.797. The van der Waals surface area contributed by atoms with E-state index in [2.05, 4.69) is 10.6 Å². The Balaban J connectivity index is 2.74. The molecule has 1 aromatic carbocycles. The first-order valence-electron chi connectivity index (χ1n) is 5.56. The van der Waals surface area contributed by atoms with Crippen molar-refractivity contribution >= 4 is 29.3 Å². The van der Waals surface area contributed by atoms with Crippen molar-refractivity contribution in [2.75, 3.05) is 5.32 Å². The summed E-state index contributed by atoms with van der Waals surface area (Å²) in [5, 5.41) is 13.7. The molecule has 3 N–H and O–H groups in total. The van der Waals surface area contributed by atoms with Crippen molar-refractivity contribution in [2.24, 2.45) is 5.92 Å². The van der Waals surface area contributed by atoms with E-state index in [9.17, 15) is 14.0 Å². The number of carbonyl (C=O) groups excluding carboxylic acids is 1. The van der Waals surface area contributed by atoms with Gasteiger partial charge in [0.2, 0.25) is 0 Å². The third-order valence-electron chi connectivity index (χ3n) is 2.40. The lowest BCUT2D eigenvalue weighted by molar-refractivity contribution is -0.140. The Morgan fingerprint density at radius 2 is 2.00 bits per heavy atom. The molecule has 0 unspecified atom stereocenters. The number of halogens is 2. The summed E-state index contributed by atoms with van der Waals surface area (Å²) >= 11 is 5.78. The van der Waals surface area contributed by atoms with Gasteiger partial charge in [-0.25, -0.2) is 14.0 Å². The topological polar surface area (TPSA) is 78.4 Å². The first-order chi connectivity index (χ1) is 8.81. The van der Waals surface area contributed by atoms with Crippen LogP contribution in [-0.2, 0) is 4.79 Å². The van der Waals surface area contributed by atoms with Gasteiger partial charge in [-0.1, -0.05) is 25.4 Å². The van der Waals surface area contributed by atoms with E-state index in [1.54, 1.807) is 13.8 Å². The first-order valence-corrected chi connectivity index (χ1v) is 5.94. The Labute approximate surface area is 114 Å². The molecule has 0 saturated carbocycles. The van der Waals surface area contributed by atoms with Gasteiger partial charge in [0.1, 0.15) is 11.9 Å². The van der Waals surface area contributed by atoms with Crippen molar-refractivity contribution in [3.05, 3.63) is 29.0 Å². The number of urea groups is 1. The van der Waals surface area contributed by atoms with Gasteiger partial charge in [0.25, 0.3) is 0 Å². The Kier molecular flexibility index (Phi) is 5.11. The lowest BCUT2D eigenvalue weighted by atomic mass is 10.1. The molecule has 5 nitrogen and oxygen atoms in total. The van der Waals surface area contributed by atoms with Crippen molar-refractivity contribution in [3.63, 3.8) is 0 Å². The summed E-state index contributed by atoms with van der Waals surface area (Å²) in [6, 6.07) is 1.71. The molecule has 0 bridgehead atoms. The smallest absolute Gasteiger partial charge is 0.326 e. The molecule has 19 heavy (non-hydrogen) atoms. The van der Waals surface area contributed by atoms with Crippen molar-refractivity contribution in [1.29, 1.82) is 0 Å². The minimum atomic E-state index is -1.14. The highest BCUT2D eigenvalue weighted by atomic mass is 35.5. The van der Waals surface area contributed by atoms with E-state index in [1.807, 2.05) is 0 Å². The number of carboxylic acid groups (broad SMARTS) is 1. The average Bonchev–Trinajstić information content (AvgIpc) is 2.30. The molecule has 1 atom stereocenters.